The average Bonchev–Trinajstić information content (AvgIpc) is 3.23. The van der Waals surface area contributed by atoms with Crippen LogP contribution in [0.3, 0.4) is 0 Å². The second-order valence-electron chi connectivity index (χ2n) is 9.83. The molecule has 0 bridgehead atoms. The summed E-state index contributed by atoms with van der Waals surface area (Å²) < 4.78 is 7.15. The number of benzene rings is 1. The number of nitrogens with zero attached hydrogens (tertiary/aromatic N) is 4. The van der Waals surface area contributed by atoms with Crippen LogP contribution in [-0.4, -0.2) is 20.7 Å². The molecule has 7 nitrogen and oxygen atoms in total. The molecule has 0 saturated heterocycles. The number of anilines is 1. The molecule has 1 aliphatic rings. The average molecular weight is 432 g/mol. The summed E-state index contributed by atoms with van der Waals surface area (Å²) >= 11 is 0. The van der Waals surface area contributed by atoms with Crippen LogP contribution < -0.4 is 5.73 Å². The van der Waals surface area contributed by atoms with Gasteiger partial charge in [0.1, 0.15) is 23.1 Å². The van der Waals surface area contributed by atoms with Crippen molar-refractivity contribution in [1.82, 2.24) is 14.9 Å². The van der Waals surface area contributed by atoms with Gasteiger partial charge in [-0.1, -0.05) is 50.2 Å². The van der Waals surface area contributed by atoms with E-state index in [1.807, 2.05) is 30.3 Å². The lowest BCUT2D eigenvalue weighted by atomic mass is 9.90. The number of rotatable bonds is 7. The maximum Gasteiger partial charge on any atom is 0.254 e. The molecule has 7 heteroatoms. The number of hydrogen-bond acceptors (Lipinski definition) is 5. The van der Waals surface area contributed by atoms with Crippen molar-refractivity contribution >= 4 is 17.3 Å². The zero-order valence-electron chi connectivity index (χ0n) is 18.9. The number of ketones is 1. The lowest BCUT2D eigenvalue weighted by Crippen LogP contribution is -2.19. The van der Waals surface area contributed by atoms with E-state index < -0.39 is 0 Å². The lowest BCUT2D eigenvalue weighted by Gasteiger charge is -2.26. The standard InChI is InChI=1S/C25H29N5O2/c1-25(2,3)15-18-13-21(32-29-18)14-20(31)12-16-8-10-17(11-9-16)22-23(27-4)24(26)30(28-22)19-6-5-7-19/h8-11,13,19H,5-7,12,14-15,26H2,1-3H3. The van der Waals surface area contributed by atoms with Crippen molar-refractivity contribution in [2.24, 2.45) is 5.41 Å². The number of Topliss-reactive ketones (excluding diaryl/α,β-unsaturated/α-hetero) is 1. The fourth-order valence-corrected chi connectivity index (χ4v) is 3.98. The van der Waals surface area contributed by atoms with E-state index in [2.05, 4.69) is 35.9 Å². The van der Waals surface area contributed by atoms with E-state index >= 15 is 0 Å². The van der Waals surface area contributed by atoms with E-state index in [-0.39, 0.29) is 17.6 Å². The van der Waals surface area contributed by atoms with Gasteiger partial charge in [-0.25, -0.2) is 4.85 Å². The molecule has 0 radical (unpaired) electrons. The summed E-state index contributed by atoms with van der Waals surface area (Å²) in [6.07, 6.45) is 4.60. The molecule has 1 aromatic carbocycles. The van der Waals surface area contributed by atoms with Gasteiger partial charge in [0, 0.05) is 12.5 Å². The number of carbonyl (C=O) groups is 1. The summed E-state index contributed by atoms with van der Waals surface area (Å²) in [5, 5.41) is 8.72. The Bertz CT molecular complexity index is 1150. The van der Waals surface area contributed by atoms with Crippen LogP contribution in [0.15, 0.2) is 34.9 Å². The predicted octanol–water partition coefficient (Wildman–Crippen LogP) is 5.34. The summed E-state index contributed by atoms with van der Waals surface area (Å²) in [4.78, 5) is 16.2. The Morgan fingerprint density at radius 1 is 1.25 bits per heavy atom. The van der Waals surface area contributed by atoms with Crippen molar-refractivity contribution < 1.29 is 9.32 Å². The third kappa shape index (κ3) is 4.75. The Morgan fingerprint density at radius 3 is 2.56 bits per heavy atom. The van der Waals surface area contributed by atoms with Gasteiger partial charge in [-0.05, 0) is 42.2 Å². The van der Waals surface area contributed by atoms with Gasteiger partial charge in [-0.2, -0.15) is 5.10 Å². The first kappa shape index (κ1) is 21.8. The number of hydrogen-bond donors (Lipinski definition) is 1. The van der Waals surface area contributed by atoms with Crippen molar-refractivity contribution in [3.63, 3.8) is 0 Å². The third-order valence-corrected chi connectivity index (χ3v) is 5.77. The van der Waals surface area contributed by atoms with Gasteiger partial charge in [0.05, 0.1) is 24.7 Å². The fraction of sp³-hybridized carbons (Fsp3) is 0.440. The molecular formula is C25H29N5O2. The second kappa shape index (κ2) is 8.62. The van der Waals surface area contributed by atoms with Crippen LogP contribution in [0, 0.1) is 12.0 Å². The molecule has 0 unspecified atom stereocenters. The molecule has 2 aromatic heterocycles. The Kier molecular flexibility index (Phi) is 5.88. The predicted molar refractivity (Wildman–Crippen MR) is 123 cm³/mol. The first-order valence-corrected chi connectivity index (χ1v) is 11.0. The zero-order valence-corrected chi connectivity index (χ0v) is 18.9. The number of aromatic nitrogens is 3. The van der Waals surface area contributed by atoms with Crippen molar-refractivity contribution in [1.29, 1.82) is 0 Å². The minimum atomic E-state index is 0.0663. The molecule has 4 rings (SSSR count). The van der Waals surface area contributed by atoms with E-state index in [4.69, 9.17) is 16.8 Å². The topological polar surface area (TPSA) is 91.3 Å². The molecule has 2 heterocycles. The largest absolute Gasteiger partial charge is 0.393 e. The Labute approximate surface area is 188 Å². The van der Waals surface area contributed by atoms with E-state index in [9.17, 15) is 4.79 Å². The Hall–Kier alpha value is -3.40. The maximum atomic E-state index is 12.5. The van der Waals surface area contributed by atoms with Crippen LogP contribution in [0.5, 0.6) is 0 Å². The van der Waals surface area contributed by atoms with E-state index in [0.717, 1.165) is 36.1 Å². The van der Waals surface area contributed by atoms with E-state index in [1.165, 1.54) is 6.42 Å². The summed E-state index contributed by atoms with van der Waals surface area (Å²) in [5.41, 5.74) is 9.93. The number of carbonyl (C=O) groups excluding carboxylic acids is 1. The monoisotopic (exact) mass is 431 g/mol. The molecule has 1 aliphatic carbocycles. The van der Waals surface area contributed by atoms with Gasteiger partial charge < -0.3 is 10.3 Å². The summed E-state index contributed by atoms with van der Waals surface area (Å²) in [6.45, 7) is 14.0. The minimum absolute atomic E-state index is 0.0663. The van der Waals surface area contributed by atoms with Gasteiger partial charge in [0.15, 0.2) is 0 Å². The van der Waals surface area contributed by atoms with Crippen molar-refractivity contribution in [3.05, 3.63) is 58.8 Å². The molecule has 166 valence electrons. The molecule has 1 saturated carbocycles. The van der Waals surface area contributed by atoms with Gasteiger partial charge >= 0.3 is 0 Å². The molecule has 0 spiro atoms. The third-order valence-electron chi connectivity index (χ3n) is 5.77. The van der Waals surface area contributed by atoms with Crippen LogP contribution in [0.2, 0.25) is 0 Å². The Morgan fingerprint density at radius 2 is 1.97 bits per heavy atom. The van der Waals surface area contributed by atoms with E-state index in [1.54, 1.807) is 4.68 Å². The highest BCUT2D eigenvalue weighted by molar-refractivity contribution is 5.84. The Balaban J connectivity index is 1.42. The molecule has 0 atom stereocenters. The highest BCUT2D eigenvalue weighted by Crippen LogP contribution is 2.41. The molecule has 0 aliphatic heterocycles. The first-order valence-electron chi connectivity index (χ1n) is 11.0. The first-order chi connectivity index (χ1) is 15.2. The van der Waals surface area contributed by atoms with Crippen LogP contribution in [0.4, 0.5) is 11.5 Å². The normalized spacial score (nSPS) is 14.2. The molecule has 3 aromatic rings. The SMILES string of the molecule is [C-]#[N+]c1c(-c2ccc(CC(=O)Cc3cc(CC(C)(C)C)no3)cc2)nn(C2CCC2)c1N. The van der Waals surface area contributed by atoms with Gasteiger partial charge in [-0.3, -0.25) is 9.48 Å². The molecule has 1 fully saturated rings. The summed E-state index contributed by atoms with van der Waals surface area (Å²) in [5.74, 6) is 1.11. The zero-order chi connectivity index (χ0) is 22.9. The highest BCUT2D eigenvalue weighted by Gasteiger charge is 2.26. The number of nitrogens with two attached hydrogens (primary N) is 1. The van der Waals surface area contributed by atoms with Crippen molar-refractivity contribution in [3.8, 4) is 11.3 Å². The highest BCUT2D eigenvalue weighted by atomic mass is 16.5. The van der Waals surface area contributed by atoms with Crippen LogP contribution in [0.25, 0.3) is 16.1 Å². The van der Waals surface area contributed by atoms with Gasteiger partial charge in [0.2, 0.25) is 0 Å². The van der Waals surface area contributed by atoms with Crippen LogP contribution in [-0.2, 0) is 24.1 Å². The summed E-state index contributed by atoms with van der Waals surface area (Å²) in [7, 11) is 0. The van der Waals surface area contributed by atoms with Gasteiger partial charge in [0.25, 0.3) is 5.69 Å². The van der Waals surface area contributed by atoms with E-state index in [0.29, 0.717) is 35.4 Å². The van der Waals surface area contributed by atoms with Crippen molar-refractivity contribution in [2.75, 3.05) is 5.73 Å². The smallest absolute Gasteiger partial charge is 0.254 e. The number of nitrogen functional groups attached to an aromatic ring is 1. The molecule has 0 amide bonds. The van der Waals surface area contributed by atoms with Crippen molar-refractivity contribution in [2.45, 2.75) is 65.3 Å². The van der Waals surface area contributed by atoms with Gasteiger partial charge in [-0.15, -0.1) is 0 Å². The molecular weight excluding hydrogens is 402 g/mol. The molecule has 32 heavy (non-hydrogen) atoms. The minimum Gasteiger partial charge on any atom is -0.393 e. The fourth-order valence-electron chi connectivity index (χ4n) is 3.98. The van der Waals surface area contributed by atoms with Crippen LogP contribution in [0.1, 0.15) is 63.1 Å². The quantitative estimate of drug-likeness (QED) is 0.510. The summed E-state index contributed by atoms with van der Waals surface area (Å²) in [6, 6.07) is 9.79. The molecule has 2 N–H and O–H groups in total. The lowest BCUT2D eigenvalue weighted by molar-refractivity contribution is -0.118. The van der Waals surface area contributed by atoms with Crippen LogP contribution >= 0.6 is 0 Å². The maximum absolute atomic E-state index is 12.5. The second-order valence-corrected chi connectivity index (χ2v) is 9.83.